The normalized spacial score (nSPS) is 18.2. The van der Waals surface area contributed by atoms with Crippen LogP contribution in [0.1, 0.15) is 39.3 Å². The lowest BCUT2D eigenvalue weighted by molar-refractivity contribution is -0.0906. The standard InChI is InChI=1S/C22H23N3O2S/c1-15-3-2-4-16(13-15)19-14-17-6-12-27-22(20(17)28-19)7-10-25(11-8-22)21(26)18-5-9-23-24-18/h2-5,9,13-14H,6-8,10-12H2,1H3,(H,23,24). The largest absolute Gasteiger partial charge is 0.369 e. The smallest absolute Gasteiger partial charge is 0.271 e. The molecule has 0 bridgehead atoms. The maximum absolute atomic E-state index is 12.6. The minimum absolute atomic E-state index is 0.0232. The summed E-state index contributed by atoms with van der Waals surface area (Å²) in [7, 11) is 0. The monoisotopic (exact) mass is 393 g/mol. The third-order valence-electron chi connectivity index (χ3n) is 5.86. The molecule has 1 amide bonds. The summed E-state index contributed by atoms with van der Waals surface area (Å²) in [6.45, 7) is 4.30. The van der Waals surface area contributed by atoms with Crippen LogP contribution in [0.2, 0.25) is 0 Å². The van der Waals surface area contributed by atoms with Crippen LogP contribution in [0.15, 0.2) is 42.6 Å². The Morgan fingerprint density at radius 2 is 2.11 bits per heavy atom. The SMILES string of the molecule is Cc1cccc(-c2cc3c(s2)C2(CCN(C(=O)c4ccn[nH]4)CC2)OCC3)c1. The number of nitrogens with one attached hydrogen (secondary N) is 1. The zero-order valence-corrected chi connectivity index (χ0v) is 16.7. The summed E-state index contributed by atoms with van der Waals surface area (Å²) in [6.07, 6.45) is 4.27. The fourth-order valence-electron chi connectivity index (χ4n) is 4.35. The van der Waals surface area contributed by atoms with E-state index in [1.165, 1.54) is 26.4 Å². The number of piperidine rings is 1. The van der Waals surface area contributed by atoms with Gasteiger partial charge in [0.2, 0.25) is 0 Å². The fraction of sp³-hybridized carbons (Fsp3) is 0.364. The zero-order chi connectivity index (χ0) is 19.1. The molecule has 1 saturated heterocycles. The van der Waals surface area contributed by atoms with Gasteiger partial charge in [0, 0.05) is 29.0 Å². The van der Waals surface area contributed by atoms with Gasteiger partial charge in [-0.05, 0) is 49.4 Å². The van der Waals surface area contributed by atoms with Crippen LogP contribution in [0.25, 0.3) is 10.4 Å². The highest BCUT2D eigenvalue weighted by molar-refractivity contribution is 7.15. The number of rotatable bonds is 2. The quantitative estimate of drug-likeness (QED) is 0.712. The van der Waals surface area contributed by atoms with Crippen LogP contribution in [0.3, 0.4) is 0 Å². The molecular weight excluding hydrogens is 370 g/mol. The van der Waals surface area contributed by atoms with E-state index in [9.17, 15) is 4.79 Å². The van der Waals surface area contributed by atoms with Crippen LogP contribution in [-0.4, -0.2) is 40.7 Å². The second kappa shape index (κ2) is 6.87. The van der Waals surface area contributed by atoms with Crippen LogP contribution in [-0.2, 0) is 16.8 Å². The number of nitrogens with zero attached hydrogens (tertiary/aromatic N) is 2. The summed E-state index contributed by atoms with van der Waals surface area (Å²) in [5.74, 6) is 0.0232. The Labute approximate surface area is 168 Å². The maximum atomic E-state index is 12.6. The van der Waals surface area contributed by atoms with Crippen molar-refractivity contribution in [1.29, 1.82) is 0 Å². The van der Waals surface area contributed by atoms with Crippen molar-refractivity contribution in [1.82, 2.24) is 15.1 Å². The molecule has 3 aromatic rings. The summed E-state index contributed by atoms with van der Waals surface area (Å²) >= 11 is 1.87. The number of carbonyl (C=O) groups is 1. The Balaban J connectivity index is 1.40. The highest BCUT2D eigenvalue weighted by Crippen LogP contribution is 2.47. The van der Waals surface area contributed by atoms with E-state index in [1.54, 1.807) is 12.3 Å². The number of aromatic amines is 1. The molecule has 144 valence electrons. The van der Waals surface area contributed by atoms with Gasteiger partial charge in [-0.1, -0.05) is 29.8 Å². The van der Waals surface area contributed by atoms with Crippen molar-refractivity contribution < 1.29 is 9.53 Å². The Hall–Kier alpha value is -2.44. The molecule has 0 unspecified atom stereocenters. The lowest BCUT2D eigenvalue weighted by Gasteiger charge is -2.43. The van der Waals surface area contributed by atoms with Crippen LogP contribution in [0.4, 0.5) is 0 Å². The van der Waals surface area contributed by atoms with E-state index >= 15 is 0 Å². The Morgan fingerprint density at radius 1 is 1.25 bits per heavy atom. The summed E-state index contributed by atoms with van der Waals surface area (Å²) in [5, 5.41) is 6.67. The minimum Gasteiger partial charge on any atom is -0.369 e. The number of H-pyrrole nitrogens is 1. The first-order valence-corrected chi connectivity index (χ1v) is 10.6. The minimum atomic E-state index is -0.245. The first-order chi connectivity index (χ1) is 13.6. The number of benzene rings is 1. The number of amides is 1. The van der Waals surface area contributed by atoms with Crippen LogP contribution >= 0.6 is 11.3 Å². The third-order valence-corrected chi connectivity index (χ3v) is 7.28. The summed E-state index contributed by atoms with van der Waals surface area (Å²) in [4.78, 5) is 17.2. The molecule has 4 heterocycles. The topological polar surface area (TPSA) is 58.2 Å². The molecule has 2 aliphatic heterocycles. The molecule has 1 spiro atoms. The molecule has 1 aromatic carbocycles. The number of hydrogen-bond donors (Lipinski definition) is 1. The second-order valence-electron chi connectivity index (χ2n) is 7.69. The van der Waals surface area contributed by atoms with Crippen molar-refractivity contribution in [3.63, 3.8) is 0 Å². The highest BCUT2D eigenvalue weighted by Gasteiger charge is 2.43. The predicted molar refractivity (Wildman–Crippen MR) is 110 cm³/mol. The molecule has 2 aromatic heterocycles. The van der Waals surface area contributed by atoms with Crippen LogP contribution in [0.5, 0.6) is 0 Å². The van der Waals surface area contributed by atoms with Gasteiger partial charge in [0.25, 0.3) is 5.91 Å². The van der Waals surface area contributed by atoms with Gasteiger partial charge < -0.3 is 9.64 Å². The van der Waals surface area contributed by atoms with Gasteiger partial charge in [-0.25, -0.2) is 0 Å². The molecule has 2 aliphatic rings. The highest BCUT2D eigenvalue weighted by atomic mass is 32.1. The number of carbonyl (C=O) groups excluding carboxylic acids is 1. The molecule has 5 rings (SSSR count). The molecular formula is C22H23N3O2S. The van der Waals surface area contributed by atoms with E-state index in [0.29, 0.717) is 18.8 Å². The molecule has 0 atom stereocenters. The number of aromatic nitrogens is 2. The first-order valence-electron chi connectivity index (χ1n) is 9.77. The number of aryl methyl sites for hydroxylation is 1. The van der Waals surface area contributed by atoms with Crippen molar-refractivity contribution in [2.45, 2.75) is 31.8 Å². The molecule has 0 radical (unpaired) electrons. The van der Waals surface area contributed by atoms with Crippen molar-refractivity contribution in [2.75, 3.05) is 19.7 Å². The average Bonchev–Trinajstić information content (AvgIpc) is 3.39. The molecule has 1 fully saturated rings. The average molecular weight is 394 g/mol. The van der Waals surface area contributed by atoms with Crippen molar-refractivity contribution in [3.05, 3.63) is 64.3 Å². The predicted octanol–water partition coefficient (Wildman–Crippen LogP) is 4.15. The van der Waals surface area contributed by atoms with E-state index in [2.05, 4.69) is 47.5 Å². The molecule has 0 saturated carbocycles. The van der Waals surface area contributed by atoms with Gasteiger partial charge in [0.1, 0.15) is 11.3 Å². The van der Waals surface area contributed by atoms with Gasteiger partial charge in [-0.15, -0.1) is 11.3 Å². The number of likely N-dealkylation sites (tertiary alicyclic amines) is 1. The van der Waals surface area contributed by atoms with E-state index in [0.717, 1.165) is 25.9 Å². The summed E-state index contributed by atoms with van der Waals surface area (Å²) < 4.78 is 6.38. The van der Waals surface area contributed by atoms with E-state index in [1.807, 2.05) is 16.2 Å². The van der Waals surface area contributed by atoms with Crippen molar-refractivity contribution in [3.8, 4) is 10.4 Å². The van der Waals surface area contributed by atoms with Crippen LogP contribution < -0.4 is 0 Å². The number of hydrogen-bond acceptors (Lipinski definition) is 4. The number of thiophene rings is 1. The second-order valence-corrected chi connectivity index (χ2v) is 8.74. The maximum Gasteiger partial charge on any atom is 0.271 e. The van der Waals surface area contributed by atoms with E-state index in [4.69, 9.17) is 4.74 Å². The van der Waals surface area contributed by atoms with Crippen molar-refractivity contribution >= 4 is 17.2 Å². The molecule has 5 nitrogen and oxygen atoms in total. The van der Waals surface area contributed by atoms with Gasteiger partial charge in [-0.2, -0.15) is 5.10 Å². The zero-order valence-electron chi connectivity index (χ0n) is 15.9. The Kier molecular flexibility index (Phi) is 4.33. The van der Waals surface area contributed by atoms with E-state index < -0.39 is 0 Å². The number of fused-ring (bicyclic) bond motifs is 2. The van der Waals surface area contributed by atoms with Gasteiger partial charge in [0.05, 0.1) is 6.61 Å². The molecule has 6 heteroatoms. The fourth-order valence-corrected chi connectivity index (χ4v) is 5.76. The number of ether oxygens (including phenoxy) is 1. The molecule has 28 heavy (non-hydrogen) atoms. The van der Waals surface area contributed by atoms with E-state index in [-0.39, 0.29) is 11.5 Å². The van der Waals surface area contributed by atoms with Gasteiger partial charge in [0.15, 0.2) is 0 Å². The van der Waals surface area contributed by atoms with Gasteiger partial charge in [-0.3, -0.25) is 9.89 Å². The molecule has 0 aliphatic carbocycles. The van der Waals surface area contributed by atoms with Crippen LogP contribution in [0, 0.1) is 6.92 Å². The molecule has 1 N–H and O–H groups in total. The van der Waals surface area contributed by atoms with Crippen molar-refractivity contribution in [2.24, 2.45) is 0 Å². The summed E-state index contributed by atoms with van der Waals surface area (Å²) in [5.41, 5.74) is 4.28. The lowest BCUT2D eigenvalue weighted by Crippen LogP contribution is -2.48. The summed E-state index contributed by atoms with van der Waals surface area (Å²) in [6, 6.07) is 12.8. The van der Waals surface area contributed by atoms with Gasteiger partial charge >= 0.3 is 0 Å². The first kappa shape index (κ1) is 17.6. The third kappa shape index (κ3) is 2.97. The Bertz CT molecular complexity index is 1000. The Morgan fingerprint density at radius 3 is 2.86 bits per heavy atom. The lowest BCUT2D eigenvalue weighted by atomic mass is 9.85.